The Labute approximate surface area is 169 Å². The molecule has 2 aromatic carbocycles. The Morgan fingerprint density at radius 2 is 1.63 bits per heavy atom. The quantitative estimate of drug-likeness (QED) is 0.671. The summed E-state index contributed by atoms with van der Waals surface area (Å²) in [6, 6.07) is 13.8. The Balaban J connectivity index is 2.13. The Bertz CT molecular complexity index is 733. The van der Waals surface area contributed by atoms with Crippen molar-refractivity contribution in [3.8, 4) is 11.5 Å². The summed E-state index contributed by atoms with van der Waals surface area (Å²) < 4.78 is 11.7. The fourth-order valence-corrected chi connectivity index (χ4v) is 3.73. The van der Waals surface area contributed by atoms with E-state index in [1.807, 2.05) is 36.4 Å². The molecule has 0 atom stereocenters. The molecule has 3 nitrogen and oxygen atoms in total. The first kappa shape index (κ1) is 21.6. The third-order valence-electron chi connectivity index (χ3n) is 4.44. The summed E-state index contributed by atoms with van der Waals surface area (Å²) in [5, 5.41) is 3.12. The van der Waals surface area contributed by atoms with Gasteiger partial charge in [-0.3, -0.25) is 0 Å². The molecule has 148 valence electrons. The van der Waals surface area contributed by atoms with Crippen molar-refractivity contribution in [3.05, 3.63) is 58.6 Å². The Kier molecular flexibility index (Phi) is 7.19. The number of methoxy groups -OCH3 is 1. The van der Waals surface area contributed by atoms with Gasteiger partial charge in [0.1, 0.15) is 13.2 Å². The minimum absolute atomic E-state index is 0.148. The minimum atomic E-state index is 0.148. The molecule has 0 bridgehead atoms. The third-order valence-corrected chi connectivity index (χ3v) is 4.69. The summed E-state index contributed by atoms with van der Waals surface area (Å²) in [4.78, 5) is 0. The molecule has 0 aliphatic heterocycles. The largest absolute Gasteiger partial charge is 0.493 e. The summed E-state index contributed by atoms with van der Waals surface area (Å²) in [6.45, 7) is 12.8. The van der Waals surface area contributed by atoms with Gasteiger partial charge in [0.2, 0.25) is 0 Å². The van der Waals surface area contributed by atoms with Crippen molar-refractivity contribution in [3.63, 3.8) is 0 Å². The first-order chi connectivity index (χ1) is 12.6. The highest BCUT2D eigenvalue weighted by Gasteiger charge is 2.28. The van der Waals surface area contributed by atoms with Gasteiger partial charge in [0.25, 0.3) is 0 Å². The SMILES string of the molecule is COc1cccc(C[NH2+]C(C)(C)CC(C)(C)C)c1OCc1ccc(Cl)cc1. The van der Waals surface area contributed by atoms with Crippen molar-refractivity contribution in [1.82, 2.24) is 0 Å². The molecule has 2 aromatic rings. The number of hydrogen-bond acceptors (Lipinski definition) is 2. The van der Waals surface area contributed by atoms with E-state index >= 15 is 0 Å². The number of ether oxygens (including phenoxy) is 2. The number of rotatable bonds is 8. The Morgan fingerprint density at radius 3 is 2.22 bits per heavy atom. The lowest BCUT2D eigenvalue weighted by Crippen LogP contribution is -2.94. The molecule has 0 aliphatic rings. The van der Waals surface area contributed by atoms with E-state index in [-0.39, 0.29) is 5.54 Å². The van der Waals surface area contributed by atoms with Gasteiger partial charge < -0.3 is 14.8 Å². The molecule has 0 radical (unpaired) electrons. The molecular weight excluding hydrogens is 358 g/mol. The van der Waals surface area contributed by atoms with Crippen LogP contribution >= 0.6 is 11.6 Å². The summed E-state index contributed by atoms with van der Waals surface area (Å²) in [5.41, 5.74) is 2.66. The predicted octanol–water partition coefficient (Wildman–Crippen LogP) is 5.21. The van der Waals surface area contributed by atoms with Crippen molar-refractivity contribution in [1.29, 1.82) is 0 Å². The topological polar surface area (TPSA) is 35.1 Å². The predicted molar refractivity (Wildman–Crippen MR) is 113 cm³/mol. The zero-order valence-electron chi connectivity index (χ0n) is 17.4. The van der Waals surface area contributed by atoms with Crippen LogP contribution in [-0.4, -0.2) is 12.6 Å². The summed E-state index contributed by atoms with van der Waals surface area (Å²) >= 11 is 5.97. The van der Waals surface area contributed by atoms with Gasteiger partial charge in [0.05, 0.1) is 18.2 Å². The van der Waals surface area contributed by atoms with Crippen LogP contribution in [0.3, 0.4) is 0 Å². The van der Waals surface area contributed by atoms with Gasteiger partial charge in [-0.2, -0.15) is 0 Å². The monoisotopic (exact) mass is 390 g/mol. The lowest BCUT2D eigenvalue weighted by Gasteiger charge is -2.30. The van der Waals surface area contributed by atoms with E-state index in [1.165, 1.54) is 0 Å². The maximum Gasteiger partial charge on any atom is 0.170 e. The number of quaternary nitrogens is 1. The van der Waals surface area contributed by atoms with E-state index in [0.29, 0.717) is 12.0 Å². The first-order valence-electron chi connectivity index (χ1n) is 9.47. The molecular formula is C23H33ClNO2+. The van der Waals surface area contributed by atoms with Crippen LogP contribution < -0.4 is 14.8 Å². The van der Waals surface area contributed by atoms with Gasteiger partial charge in [-0.05, 0) is 49.1 Å². The van der Waals surface area contributed by atoms with Gasteiger partial charge in [0.15, 0.2) is 11.5 Å². The third kappa shape index (κ3) is 7.08. The van der Waals surface area contributed by atoms with Crippen LogP contribution in [0.1, 0.15) is 52.2 Å². The van der Waals surface area contributed by atoms with Crippen molar-refractivity contribution in [2.75, 3.05) is 7.11 Å². The summed E-state index contributed by atoms with van der Waals surface area (Å²) in [5.74, 6) is 1.58. The zero-order valence-corrected chi connectivity index (χ0v) is 18.2. The molecule has 0 aliphatic carbocycles. The average Bonchev–Trinajstić information content (AvgIpc) is 2.57. The smallest absolute Gasteiger partial charge is 0.170 e. The average molecular weight is 391 g/mol. The van der Waals surface area contributed by atoms with Crippen molar-refractivity contribution >= 4 is 11.6 Å². The molecule has 2 N–H and O–H groups in total. The second-order valence-electron chi connectivity index (χ2n) is 9.00. The molecule has 0 heterocycles. The normalized spacial score (nSPS) is 12.1. The molecule has 27 heavy (non-hydrogen) atoms. The summed E-state index contributed by atoms with van der Waals surface area (Å²) in [6.07, 6.45) is 1.13. The number of para-hydroxylation sites is 1. The molecule has 0 amide bonds. The molecule has 0 spiro atoms. The first-order valence-corrected chi connectivity index (χ1v) is 9.85. The second kappa shape index (κ2) is 8.99. The maximum absolute atomic E-state index is 6.16. The highest BCUT2D eigenvalue weighted by atomic mass is 35.5. The Morgan fingerprint density at radius 1 is 0.963 bits per heavy atom. The molecule has 4 heteroatoms. The minimum Gasteiger partial charge on any atom is -0.493 e. The van der Waals surface area contributed by atoms with Gasteiger partial charge in [0, 0.05) is 11.4 Å². The van der Waals surface area contributed by atoms with E-state index in [9.17, 15) is 0 Å². The fourth-order valence-electron chi connectivity index (χ4n) is 3.61. The van der Waals surface area contributed by atoms with Gasteiger partial charge >= 0.3 is 0 Å². The lowest BCUT2D eigenvalue weighted by molar-refractivity contribution is -0.737. The summed E-state index contributed by atoms with van der Waals surface area (Å²) in [7, 11) is 1.68. The van der Waals surface area contributed by atoms with Gasteiger partial charge in [-0.25, -0.2) is 0 Å². The zero-order chi connectivity index (χ0) is 20.1. The standard InChI is InChI=1S/C23H32ClNO2/c1-22(2,3)16-23(4,5)25-14-18-8-7-9-20(26-6)21(18)27-15-17-10-12-19(24)13-11-17/h7-13,25H,14-16H2,1-6H3/p+1. The van der Waals surface area contributed by atoms with Crippen molar-refractivity contribution in [2.24, 2.45) is 5.41 Å². The molecule has 0 saturated carbocycles. The number of hydrogen-bond donors (Lipinski definition) is 1. The van der Waals surface area contributed by atoms with Crippen LogP contribution in [0, 0.1) is 5.41 Å². The number of halogens is 1. The molecule has 0 saturated heterocycles. The lowest BCUT2D eigenvalue weighted by atomic mass is 9.82. The van der Waals surface area contributed by atoms with E-state index in [4.69, 9.17) is 21.1 Å². The fraction of sp³-hybridized carbons (Fsp3) is 0.478. The number of nitrogens with two attached hydrogens (primary N) is 1. The molecule has 0 fully saturated rings. The second-order valence-corrected chi connectivity index (χ2v) is 9.43. The van der Waals surface area contributed by atoms with E-state index in [1.54, 1.807) is 7.11 Å². The van der Waals surface area contributed by atoms with Crippen LogP contribution in [0.25, 0.3) is 0 Å². The van der Waals surface area contributed by atoms with Crippen LogP contribution in [0.5, 0.6) is 11.5 Å². The number of benzene rings is 2. The van der Waals surface area contributed by atoms with Crippen LogP contribution in [0.4, 0.5) is 0 Å². The van der Waals surface area contributed by atoms with E-state index < -0.39 is 0 Å². The maximum atomic E-state index is 6.16. The van der Waals surface area contributed by atoms with Crippen molar-refractivity contribution in [2.45, 2.75) is 59.7 Å². The Hall–Kier alpha value is -1.71. The van der Waals surface area contributed by atoms with Crippen LogP contribution in [-0.2, 0) is 13.2 Å². The van der Waals surface area contributed by atoms with E-state index in [0.717, 1.165) is 40.6 Å². The highest BCUT2D eigenvalue weighted by molar-refractivity contribution is 6.30. The molecule has 2 rings (SSSR count). The van der Waals surface area contributed by atoms with Gasteiger partial charge in [-0.1, -0.05) is 50.6 Å². The van der Waals surface area contributed by atoms with Crippen LogP contribution in [0.15, 0.2) is 42.5 Å². The van der Waals surface area contributed by atoms with Crippen LogP contribution in [0.2, 0.25) is 5.02 Å². The highest BCUT2D eigenvalue weighted by Crippen LogP contribution is 2.32. The molecule has 0 unspecified atom stereocenters. The molecule has 0 aromatic heterocycles. The van der Waals surface area contributed by atoms with E-state index in [2.05, 4.69) is 46.0 Å². The van der Waals surface area contributed by atoms with Gasteiger partial charge in [-0.15, -0.1) is 0 Å². The van der Waals surface area contributed by atoms with Crippen molar-refractivity contribution < 1.29 is 14.8 Å².